The lowest BCUT2D eigenvalue weighted by Gasteiger charge is -2.14. The van der Waals surface area contributed by atoms with Crippen LogP contribution in [0.5, 0.6) is 0 Å². The highest BCUT2D eigenvalue weighted by Crippen LogP contribution is 2.34. The minimum atomic E-state index is -5.21. The molecule has 1 heterocycles. The smallest absolute Gasteiger partial charge is 0.296 e. The lowest BCUT2D eigenvalue weighted by Crippen LogP contribution is -2.17. The second-order valence-corrected chi connectivity index (χ2v) is 15.1. The largest absolute Gasteiger partial charge is 0.350 e. The summed E-state index contributed by atoms with van der Waals surface area (Å²) in [4.78, 5) is 57.6. The highest BCUT2D eigenvalue weighted by atomic mass is 35.5. The van der Waals surface area contributed by atoms with Crippen molar-refractivity contribution in [2.45, 2.75) is 14.7 Å². The van der Waals surface area contributed by atoms with Gasteiger partial charge in [-0.1, -0.05) is 11.6 Å². The predicted octanol–water partition coefficient (Wildman–Crippen LogP) is 2.53. The number of hydrogen-bond acceptors (Lipinski definition) is 10. The molecular formula is C28H13ClN2O13S3. The van der Waals surface area contributed by atoms with E-state index in [1.54, 1.807) is 0 Å². The van der Waals surface area contributed by atoms with Gasteiger partial charge in [-0.3, -0.25) is 32.8 Å². The number of H-pyrrole nitrogens is 2. The normalized spacial score (nSPS) is 13.1. The van der Waals surface area contributed by atoms with E-state index in [2.05, 4.69) is 9.97 Å². The molecule has 0 amide bonds. The van der Waals surface area contributed by atoms with Crippen molar-refractivity contribution in [2.24, 2.45) is 0 Å². The van der Waals surface area contributed by atoms with E-state index < -0.39 is 105 Å². The van der Waals surface area contributed by atoms with Crippen LogP contribution in [-0.2, 0) is 30.4 Å². The Morgan fingerprint density at radius 1 is 0.468 bits per heavy atom. The van der Waals surface area contributed by atoms with E-state index in [4.69, 9.17) is 11.6 Å². The number of hydrogen-bond donors (Lipinski definition) is 5. The number of nitrogens with one attached hydrogen (secondary N) is 2. The van der Waals surface area contributed by atoms with Gasteiger partial charge in [0, 0.05) is 32.3 Å². The van der Waals surface area contributed by atoms with Crippen LogP contribution >= 0.6 is 11.6 Å². The Morgan fingerprint density at radius 2 is 0.894 bits per heavy atom. The molecule has 0 saturated carbocycles. The topological polar surface area (TPSA) is 263 Å². The van der Waals surface area contributed by atoms with Gasteiger partial charge < -0.3 is 9.97 Å². The maximum Gasteiger partial charge on any atom is 0.296 e. The fraction of sp³-hybridized carbons (Fsp3) is 0. The Kier molecular flexibility index (Phi) is 6.30. The predicted molar refractivity (Wildman–Crippen MR) is 171 cm³/mol. The summed E-state index contributed by atoms with van der Waals surface area (Å²) >= 11 is 6.51. The van der Waals surface area contributed by atoms with E-state index in [1.807, 2.05) is 0 Å². The number of benzene rings is 6. The van der Waals surface area contributed by atoms with Gasteiger partial charge in [-0.05, 0) is 48.5 Å². The molecule has 0 atom stereocenters. The van der Waals surface area contributed by atoms with Gasteiger partial charge in [-0.25, -0.2) is 0 Å². The Balaban J connectivity index is 1.76. The summed E-state index contributed by atoms with van der Waals surface area (Å²) in [6.07, 6.45) is 0. The van der Waals surface area contributed by atoms with Gasteiger partial charge in [0.25, 0.3) is 30.4 Å². The summed E-state index contributed by atoms with van der Waals surface area (Å²) in [5.74, 6) is 0. The lowest BCUT2D eigenvalue weighted by atomic mass is 9.99. The Morgan fingerprint density at radius 3 is 1.34 bits per heavy atom. The Hall–Kier alpha value is -4.82. The van der Waals surface area contributed by atoms with Gasteiger partial charge in [0.1, 0.15) is 4.90 Å². The van der Waals surface area contributed by atoms with E-state index >= 15 is 0 Å². The third-order valence-corrected chi connectivity index (χ3v) is 10.7. The molecule has 5 N–H and O–H groups in total. The summed E-state index contributed by atoms with van der Waals surface area (Å²) in [5, 5.41) is -3.41. The molecule has 19 heteroatoms. The molecule has 238 valence electrons. The van der Waals surface area contributed by atoms with Crippen LogP contribution in [0.15, 0.2) is 82.4 Å². The van der Waals surface area contributed by atoms with Crippen molar-refractivity contribution in [3.8, 4) is 0 Å². The molecule has 15 nitrogen and oxygen atoms in total. The van der Waals surface area contributed by atoms with Crippen LogP contribution in [-0.4, -0.2) is 48.9 Å². The number of halogens is 1. The molecule has 1 aromatic heterocycles. The summed E-state index contributed by atoms with van der Waals surface area (Å²) in [5.41, 5.74) is -5.22. The summed E-state index contributed by atoms with van der Waals surface area (Å²) < 4.78 is 101. The van der Waals surface area contributed by atoms with Crippen LogP contribution in [0.3, 0.4) is 0 Å². The van der Waals surface area contributed by atoms with Gasteiger partial charge in [0.15, 0.2) is 21.7 Å². The number of rotatable bonds is 3. The first-order chi connectivity index (χ1) is 21.8. The van der Waals surface area contributed by atoms with Crippen molar-refractivity contribution in [3.63, 3.8) is 0 Å². The molecule has 0 spiro atoms. The fourth-order valence-electron chi connectivity index (χ4n) is 5.79. The van der Waals surface area contributed by atoms with Gasteiger partial charge in [0.05, 0.1) is 47.7 Å². The molecule has 0 aliphatic carbocycles. The molecule has 0 aliphatic rings. The van der Waals surface area contributed by atoms with Crippen LogP contribution in [0.1, 0.15) is 0 Å². The van der Waals surface area contributed by atoms with E-state index in [0.29, 0.717) is 6.07 Å². The van der Waals surface area contributed by atoms with E-state index in [1.165, 1.54) is 0 Å². The van der Waals surface area contributed by atoms with Crippen LogP contribution in [0.4, 0.5) is 0 Å². The number of aromatic nitrogens is 2. The molecule has 6 aromatic carbocycles. The lowest BCUT2D eigenvalue weighted by molar-refractivity contribution is 0.481. The third kappa shape index (κ3) is 4.45. The average Bonchev–Trinajstić information content (AvgIpc) is 2.99. The second kappa shape index (κ2) is 9.61. The van der Waals surface area contributed by atoms with E-state index in [0.717, 1.165) is 42.5 Å². The molecule has 0 saturated heterocycles. The average molecular weight is 717 g/mol. The second-order valence-electron chi connectivity index (χ2n) is 10.5. The van der Waals surface area contributed by atoms with Gasteiger partial charge in [-0.15, -0.1) is 0 Å². The SMILES string of the molecule is O=c1c2ccc(S(=O)(=O)O)cc2c(=O)c2c1cc(Cl)c1[nH]c3c([nH]c12)c(S(=O)(=O)O)cc1c(=O)c2ccc(S(=O)(=O)O)cc2c(=O)c13. The summed E-state index contributed by atoms with van der Waals surface area (Å²) in [6.45, 7) is 0. The molecule has 0 bridgehead atoms. The highest BCUT2D eigenvalue weighted by molar-refractivity contribution is 7.86. The quantitative estimate of drug-likeness (QED) is 0.100. The van der Waals surface area contributed by atoms with Gasteiger partial charge >= 0.3 is 0 Å². The Labute approximate surface area is 264 Å². The molecule has 47 heavy (non-hydrogen) atoms. The maximum absolute atomic E-state index is 13.8. The van der Waals surface area contributed by atoms with Crippen molar-refractivity contribution in [1.29, 1.82) is 0 Å². The van der Waals surface area contributed by atoms with E-state index in [9.17, 15) is 58.1 Å². The van der Waals surface area contributed by atoms with Crippen LogP contribution in [0.2, 0.25) is 5.02 Å². The zero-order chi connectivity index (χ0) is 34.1. The third-order valence-electron chi connectivity index (χ3n) is 7.85. The molecule has 0 aliphatic heterocycles. The molecule has 0 fully saturated rings. The van der Waals surface area contributed by atoms with Crippen molar-refractivity contribution < 1.29 is 38.9 Å². The Bertz CT molecular complexity index is 3250. The van der Waals surface area contributed by atoms with Gasteiger partial charge in [-0.2, -0.15) is 25.3 Å². The molecule has 0 radical (unpaired) electrons. The maximum atomic E-state index is 13.8. The number of aromatic amines is 2. The van der Waals surface area contributed by atoms with Crippen molar-refractivity contribution in [1.82, 2.24) is 9.97 Å². The molecule has 0 unspecified atom stereocenters. The first-order valence-electron chi connectivity index (χ1n) is 12.8. The fourth-order valence-corrected chi connectivity index (χ4v) is 7.73. The monoisotopic (exact) mass is 716 g/mol. The van der Waals surface area contributed by atoms with Crippen molar-refractivity contribution in [3.05, 3.63) is 94.4 Å². The standard InChI is InChI=1S/C28H13ClN2O13S3/c29-17-7-15-19(27(34)13-5-9(45(36,37)38)1-3-11(13)25(15)32)23-21(17)30-24-20-16(8-18(22(24)31-23)47(42,43)44)26(33)12-4-2-10(46(39,40)41)6-14(12)28(20)35/h1-8,30-31H,(H,36,37,38)(H,39,40,41)(H,42,43,44). The van der Waals surface area contributed by atoms with Gasteiger partial charge in [0.2, 0.25) is 0 Å². The highest BCUT2D eigenvalue weighted by Gasteiger charge is 2.26. The minimum Gasteiger partial charge on any atom is -0.350 e. The van der Waals surface area contributed by atoms with Crippen molar-refractivity contribution in [2.75, 3.05) is 0 Å². The minimum absolute atomic E-state index is 0.208. The van der Waals surface area contributed by atoms with Crippen LogP contribution in [0, 0.1) is 0 Å². The zero-order valence-electron chi connectivity index (χ0n) is 22.6. The van der Waals surface area contributed by atoms with Crippen LogP contribution in [0.25, 0.3) is 65.2 Å². The summed E-state index contributed by atoms with van der Waals surface area (Å²) in [7, 11) is -14.8. The summed E-state index contributed by atoms with van der Waals surface area (Å²) in [6, 6.07) is 7.07. The van der Waals surface area contributed by atoms with Crippen LogP contribution < -0.4 is 21.7 Å². The van der Waals surface area contributed by atoms with E-state index in [-0.39, 0.29) is 32.2 Å². The first kappa shape index (κ1) is 30.8. The number of fused-ring (bicyclic) bond motifs is 8. The zero-order valence-corrected chi connectivity index (χ0v) is 25.9. The molecule has 7 rings (SSSR count). The molecule has 7 aromatic rings. The first-order valence-corrected chi connectivity index (χ1v) is 17.5. The molecular weight excluding hydrogens is 704 g/mol. The van der Waals surface area contributed by atoms with Crippen molar-refractivity contribution >= 4 is 107 Å².